The molecule has 1 unspecified atom stereocenters. The number of alkyl halides is 3. The molecule has 7 nitrogen and oxygen atoms in total. The Morgan fingerprint density at radius 3 is 2.42 bits per heavy atom. The highest BCUT2D eigenvalue weighted by Gasteiger charge is 2.59. The Kier molecular flexibility index (Phi) is 4.27. The molecule has 2 aliphatic carbocycles. The summed E-state index contributed by atoms with van der Waals surface area (Å²) < 4.78 is 49.6. The van der Waals surface area contributed by atoms with Gasteiger partial charge in [-0.15, -0.1) is 13.2 Å². The summed E-state index contributed by atoms with van der Waals surface area (Å²) in [6.45, 7) is 3.84. The Hall–Kier alpha value is -2.33. The zero-order valence-electron chi connectivity index (χ0n) is 16.9. The van der Waals surface area contributed by atoms with Gasteiger partial charge in [0, 0.05) is 36.5 Å². The second-order valence-corrected chi connectivity index (χ2v) is 9.14. The van der Waals surface area contributed by atoms with Gasteiger partial charge in [-0.2, -0.15) is 5.10 Å². The van der Waals surface area contributed by atoms with Crippen molar-refractivity contribution >= 4 is 5.82 Å². The van der Waals surface area contributed by atoms with Crippen molar-refractivity contribution in [1.29, 1.82) is 0 Å². The molecule has 2 N–H and O–H groups in total. The Balaban J connectivity index is 1.28. The number of nitrogen functional groups attached to an aromatic ring is 1. The monoisotopic (exact) mass is 435 g/mol. The van der Waals surface area contributed by atoms with E-state index in [4.69, 9.17) is 15.6 Å². The van der Waals surface area contributed by atoms with Gasteiger partial charge in [0.15, 0.2) is 11.6 Å². The fourth-order valence-electron chi connectivity index (χ4n) is 5.25. The first kappa shape index (κ1) is 19.4. The summed E-state index contributed by atoms with van der Waals surface area (Å²) in [4.78, 5) is 6.44. The van der Waals surface area contributed by atoms with Gasteiger partial charge in [0.05, 0.1) is 31.0 Å². The van der Waals surface area contributed by atoms with Crippen molar-refractivity contribution in [1.82, 2.24) is 19.7 Å². The fourth-order valence-corrected chi connectivity index (χ4v) is 5.25. The number of ether oxygens (including phenoxy) is 2. The van der Waals surface area contributed by atoms with Gasteiger partial charge in [0.1, 0.15) is 0 Å². The first-order valence-corrected chi connectivity index (χ1v) is 10.8. The quantitative estimate of drug-likeness (QED) is 0.777. The summed E-state index contributed by atoms with van der Waals surface area (Å²) >= 11 is 0. The van der Waals surface area contributed by atoms with Crippen molar-refractivity contribution in [3.63, 3.8) is 0 Å². The molecule has 10 heteroatoms. The van der Waals surface area contributed by atoms with Crippen LogP contribution in [0.4, 0.5) is 19.0 Å². The number of anilines is 1. The zero-order valence-corrected chi connectivity index (χ0v) is 16.9. The van der Waals surface area contributed by atoms with Gasteiger partial charge in [-0.3, -0.25) is 9.58 Å². The van der Waals surface area contributed by atoms with Crippen molar-refractivity contribution in [2.75, 3.05) is 32.0 Å². The van der Waals surface area contributed by atoms with Crippen LogP contribution in [0.2, 0.25) is 0 Å². The molecule has 0 spiro atoms. The number of piperidine rings is 1. The largest absolute Gasteiger partial charge is 0.573 e. The first-order chi connectivity index (χ1) is 14.9. The van der Waals surface area contributed by atoms with Gasteiger partial charge >= 0.3 is 6.36 Å². The Bertz CT molecular complexity index is 989. The SMILES string of the molecule is Nc1ncc(-c2cc(C3[C@H]4CN(C5COC5)C[C@@H]34)n(C3CCC3)n2)cc1OC(F)(F)F. The van der Waals surface area contributed by atoms with Gasteiger partial charge in [0.2, 0.25) is 0 Å². The molecule has 31 heavy (non-hydrogen) atoms. The summed E-state index contributed by atoms with van der Waals surface area (Å²) in [5, 5.41) is 4.81. The van der Waals surface area contributed by atoms with Crippen molar-refractivity contribution in [2.24, 2.45) is 11.8 Å². The molecular weight excluding hydrogens is 411 g/mol. The number of halogens is 3. The second-order valence-electron chi connectivity index (χ2n) is 9.14. The minimum atomic E-state index is -4.83. The third-order valence-corrected chi connectivity index (χ3v) is 7.29. The Morgan fingerprint density at radius 2 is 1.84 bits per heavy atom. The van der Waals surface area contributed by atoms with Gasteiger partial charge < -0.3 is 15.2 Å². The van der Waals surface area contributed by atoms with Gasteiger partial charge in [-0.1, -0.05) is 0 Å². The number of likely N-dealkylation sites (tertiary alicyclic amines) is 1. The highest BCUT2D eigenvalue weighted by atomic mass is 19.4. The number of nitrogens with zero attached hydrogens (tertiary/aromatic N) is 4. The highest BCUT2D eigenvalue weighted by molar-refractivity contribution is 5.64. The predicted molar refractivity (Wildman–Crippen MR) is 105 cm³/mol. The molecule has 4 aliphatic rings. The molecule has 0 amide bonds. The summed E-state index contributed by atoms with van der Waals surface area (Å²) in [6.07, 6.45) is -0.0108. The van der Waals surface area contributed by atoms with Crippen LogP contribution in [-0.2, 0) is 4.74 Å². The van der Waals surface area contributed by atoms with E-state index < -0.39 is 12.1 Å². The van der Waals surface area contributed by atoms with Crippen LogP contribution < -0.4 is 10.5 Å². The molecule has 3 atom stereocenters. The van der Waals surface area contributed by atoms with Crippen LogP contribution in [0.25, 0.3) is 11.3 Å². The first-order valence-electron chi connectivity index (χ1n) is 10.8. The van der Waals surface area contributed by atoms with E-state index in [0.717, 1.165) is 39.1 Å². The molecule has 4 fully saturated rings. The zero-order chi connectivity index (χ0) is 21.3. The minimum Gasteiger partial charge on any atom is -0.402 e. The van der Waals surface area contributed by atoms with E-state index in [9.17, 15) is 13.2 Å². The average molecular weight is 435 g/mol. The van der Waals surface area contributed by atoms with E-state index in [-0.39, 0.29) is 5.82 Å². The predicted octanol–water partition coefficient (Wildman–Crippen LogP) is 3.19. The topological polar surface area (TPSA) is 78.4 Å². The summed E-state index contributed by atoms with van der Waals surface area (Å²) in [5.41, 5.74) is 7.89. The maximum Gasteiger partial charge on any atom is 0.573 e. The third-order valence-electron chi connectivity index (χ3n) is 7.29. The molecule has 0 aromatic carbocycles. The molecule has 2 aliphatic heterocycles. The van der Waals surface area contributed by atoms with E-state index in [1.54, 1.807) is 0 Å². The lowest BCUT2D eigenvalue weighted by Crippen LogP contribution is -2.48. The summed E-state index contributed by atoms with van der Waals surface area (Å²) in [6, 6.07) is 4.24. The van der Waals surface area contributed by atoms with Crippen LogP contribution in [0.15, 0.2) is 18.3 Å². The summed E-state index contributed by atoms with van der Waals surface area (Å²) in [5.74, 6) is 0.921. The average Bonchev–Trinajstić information content (AvgIpc) is 2.96. The lowest BCUT2D eigenvalue weighted by molar-refractivity contribution is -0.274. The summed E-state index contributed by atoms with van der Waals surface area (Å²) in [7, 11) is 0. The molecule has 6 rings (SSSR count). The number of rotatable bonds is 5. The molecular formula is C21H24F3N5O2. The normalized spacial score (nSPS) is 28.8. The van der Waals surface area contributed by atoms with Crippen LogP contribution >= 0.6 is 0 Å². The smallest absolute Gasteiger partial charge is 0.402 e. The minimum absolute atomic E-state index is 0.295. The van der Waals surface area contributed by atoms with Crippen molar-refractivity contribution < 1.29 is 22.6 Å². The van der Waals surface area contributed by atoms with Gasteiger partial charge in [0.25, 0.3) is 0 Å². The molecule has 2 aromatic heterocycles. The Labute approximate surface area is 177 Å². The molecule has 4 heterocycles. The molecule has 166 valence electrons. The fraction of sp³-hybridized carbons (Fsp3) is 0.619. The van der Waals surface area contributed by atoms with Gasteiger partial charge in [-0.05, 0) is 43.2 Å². The van der Waals surface area contributed by atoms with Crippen LogP contribution in [0, 0.1) is 11.8 Å². The molecule has 0 bridgehead atoms. The molecule has 0 radical (unpaired) electrons. The van der Waals surface area contributed by atoms with E-state index in [0.29, 0.717) is 41.1 Å². The van der Waals surface area contributed by atoms with Crippen LogP contribution in [-0.4, -0.2) is 58.4 Å². The molecule has 2 aromatic rings. The van der Waals surface area contributed by atoms with Crippen molar-refractivity contribution in [3.8, 4) is 17.0 Å². The third kappa shape index (κ3) is 3.36. The number of aromatic nitrogens is 3. The highest BCUT2D eigenvalue weighted by Crippen LogP contribution is 2.59. The molecule has 2 saturated heterocycles. The van der Waals surface area contributed by atoms with Gasteiger partial charge in [-0.25, -0.2) is 4.98 Å². The van der Waals surface area contributed by atoms with Crippen LogP contribution in [0.5, 0.6) is 5.75 Å². The van der Waals surface area contributed by atoms with E-state index in [1.165, 1.54) is 24.4 Å². The van der Waals surface area contributed by atoms with E-state index in [2.05, 4.69) is 19.3 Å². The lowest BCUT2D eigenvalue weighted by Gasteiger charge is -2.36. The maximum absolute atomic E-state index is 12.7. The number of pyridine rings is 1. The maximum atomic E-state index is 12.7. The number of hydrogen-bond donors (Lipinski definition) is 1. The van der Waals surface area contributed by atoms with E-state index in [1.807, 2.05) is 6.07 Å². The van der Waals surface area contributed by atoms with Crippen LogP contribution in [0.1, 0.15) is 36.9 Å². The van der Waals surface area contributed by atoms with E-state index >= 15 is 0 Å². The van der Waals surface area contributed by atoms with Crippen LogP contribution in [0.3, 0.4) is 0 Å². The van der Waals surface area contributed by atoms with Crippen molar-refractivity contribution in [3.05, 3.63) is 24.0 Å². The number of fused-ring (bicyclic) bond motifs is 1. The lowest BCUT2D eigenvalue weighted by atomic mass is 9.93. The Morgan fingerprint density at radius 1 is 1.10 bits per heavy atom. The second kappa shape index (κ2) is 6.83. The standard InChI is InChI=1S/C21H24F3N5O2/c22-21(23,24)31-18-4-11(6-26-20(18)25)16-5-17(29(27-16)12-2-1-3-12)19-14-7-28(8-15(14)19)13-9-30-10-13/h4-6,12-15,19H,1-3,7-10H2,(H2,25,26)/t14-,15+,19?. The number of nitrogens with two attached hydrogens (primary N) is 1. The molecule has 2 saturated carbocycles. The number of hydrogen-bond acceptors (Lipinski definition) is 6. The van der Waals surface area contributed by atoms with Crippen molar-refractivity contribution in [2.45, 2.75) is 43.6 Å².